The molecule has 0 spiro atoms. The number of rotatable bonds is 7. The number of hydrogen-bond donors (Lipinski definition) is 0. The van der Waals surface area contributed by atoms with Crippen LogP contribution in [0.3, 0.4) is 0 Å². The standard InChI is InChI=1S/C61H42N2S/c1-61(2)53-30-17-27-47(40-20-8-4-9-21-40)58(53)52-33-32-42(37-54(52)61)46-24-12-13-25-49(46)56-38-55(62-60(63-56)41-22-10-5-11-23-41)45-35-43(39-18-6-3-7-19-39)34-44(36-45)48-28-16-29-51-50-26-14-15-31-57(50)64-59(48)51/h3-38H,1-2H3. The molecular formula is C61H42N2S. The molecule has 64 heavy (non-hydrogen) atoms. The quantitative estimate of drug-likeness (QED) is 0.160. The van der Waals surface area contributed by atoms with E-state index in [0.29, 0.717) is 5.82 Å². The van der Waals surface area contributed by atoms with Gasteiger partial charge in [0.2, 0.25) is 0 Å². The van der Waals surface area contributed by atoms with E-state index in [0.717, 1.165) is 50.3 Å². The zero-order chi connectivity index (χ0) is 42.8. The smallest absolute Gasteiger partial charge is 0.160 e. The summed E-state index contributed by atoms with van der Waals surface area (Å²) in [6, 6.07) is 79.0. The third kappa shape index (κ3) is 6.39. The molecule has 0 unspecified atom stereocenters. The van der Waals surface area contributed by atoms with Crippen molar-refractivity contribution < 1.29 is 0 Å². The average molecular weight is 835 g/mol. The number of aromatic nitrogens is 2. The normalized spacial score (nSPS) is 12.7. The summed E-state index contributed by atoms with van der Waals surface area (Å²) in [5.41, 5.74) is 19.5. The van der Waals surface area contributed by atoms with Crippen molar-refractivity contribution in [2.45, 2.75) is 19.3 Å². The van der Waals surface area contributed by atoms with Gasteiger partial charge in [0.25, 0.3) is 0 Å². The lowest BCUT2D eigenvalue weighted by Crippen LogP contribution is -2.15. The second kappa shape index (κ2) is 15.3. The average Bonchev–Trinajstić information content (AvgIpc) is 3.86. The number of thiophene rings is 1. The summed E-state index contributed by atoms with van der Waals surface area (Å²) >= 11 is 1.86. The molecule has 0 aliphatic heterocycles. The number of hydrogen-bond acceptors (Lipinski definition) is 3. The van der Waals surface area contributed by atoms with Crippen molar-refractivity contribution >= 4 is 31.5 Å². The van der Waals surface area contributed by atoms with E-state index in [1.54, 1.807) is 0 Å². The Morgan fingerprint density at radius 1 is 0.344 bits per heavy atom. The summed E-state index contributed by atoms with van der Waals surface area (Å²) < 4.78 is 2.59. The maximum absolute atomic E-state index is 5.38. The van der Waals surface area contributed by atoms with Gasteiger partial charge in [0.1, 0.15) is 0 Å². The van der Waals surface area contributed by atoms with Crippen molar-refractivity contribution in [2.75, 3.05) is 0 Å². The van der Waals surface area contributed by atoms with Gasteiger partial charge in [-0.3, -0.25) is 0 Å². The van der Waals surface area contributed by atoms with E-state index in [2.05, 4.69) is 226 Å². The van der Waals surface area contributed by atoms with E-state index >= 15 is 0 Å². The van der Waals surface area contributed by atoms with Crippen molar-refractivity contribution in [3.63, 3.8) is 0 Å². The first-order chi connectivity index (χ1) is 31.5. The van der Waals surface area contributed by atoms with Crippen LogP contribution in [0, 0.1) is 0 Å². The van der Waals surface area contributed by atoms with E-state index in [9.17, 15) is 0 Å². The van der Waals surface area contributed by atoms with E-state index in [4.69, 9.17) is 9.97 Å². The zero-order valence-electron chi connectivity index (χ0n) is 35.6. The maximum atomic E-state index is 5.38. The lowest BCUT2D eigenvalue weighted by atomic mass is 9.81. The van der Waals surface area contributed by atoms with Crippen LogP contribution in [-0.4, -0.2) is 9.97 Å². The number of nitrogens with zero attached hydrogens (tertiary/aromatic N) is 2. The van der Waals surface area contributed by atoms with Crippen molar-refractivity contribution in [1.29, 1.82) is 0 Å². The van der Waals surface area contributed by atoms with Gasteiger partial charge in [-0.05, 0) is 103 Å². The molecule has 2 nitrogen and oxygen atoms in total. The van der Waals surface area contributed by atoms with Crippen LogP contribution in [0.25, 0.3) is 110 Å². The van der Waals surface area contributed by atoms with Gasteiger partial charge in [0.15, 0.2) is 5.82 Å². The summed E-state index contributed by atoms with van der Waals surface area (Å²) in [5, 5.41) is 2.58. The highest BCUT2D eigenvalue weighted by Crippen LogP contribution is 2.53. The van der Waals surface area contributed by atoms with Crippen molar-refractivity contribution in [2.24, 2.45) is 0 Å². The Hall–Kier alpha value is -7.72. The molecule has 0 saturated heterocycles. The molecule has 0 saturated carbocycles. The van der Waals surface area contributed by atoms with Crippen LogP contribution < -0.4 is 0 Å². The highest BCUT2D eigenvalue weighted by atomic mass is 32.1. The monoisotopic (exact) mass is 834 g/mol. The van der Waals surface area contributed by atoms with E-state index < -0.39 is 0 Å². The van der Waals surface area contributed by atoms with Gasteiger partial charge >= 0.3 is 0 Å². The summed E-state index contributed by atoms with van der Waals surface area (Å²) in [6.45, 7) is 4.73. The Morgan fingerprint density at radius 2 is 0.938 bits per heavy atom. The molecule has 0 N–H and O–H groups in total. The van der Waals surface area contributed by atoms with Crippen molar-refractivity contribution in [3.05, 3.63) is 230 Å². The predicted octanol–water partition coefficient (Wildman–Crippen LogP) is 16.8. The van der Waals surface area contributed by atoms with Gasteiger partial charge in [-0.25, -0.2) is 9.97 Å². The highest BCUT2D eigenvalue weighted by Gasteiger charge is 2.37. The Bertz CT molecular complexity index is 3570. The largest absolute Gasteiger partial charge is 0.228 e. The molecule has 11 aromatic rings. The summed E-state index contributed by atoms with van der Waals surface area (Å²) in [7, 11) is 0. The molecule has 0 radical (unpaired) electrons. The second-order valence-electron chi connectivity index (χ2n) is 17.3. The van der Waals surface area contributed by atoms with Crippen LogP contribution in [0.1, 0.15) is 25.0 Å². The zero-order valence-corrected chi connectivity index (χ0v) is 36.4. The molecule has 9 aromatic carbocycles. The first kappa shape index (κ1) is 38.0. The van der Waals surface area contributed by atoms with Crippen molar-refractivity contribution in [1.82, 2.24) is 9.97 Å². The first-order valence-corrected chi connectivity index (χ1v) is 22.8. The van der Waals surface area contributed by atoms with Crippen LogP contribution in [-0.2, 0) is 5.41 Å². The Balaban J connectivity index is 1.04. The molecule has 12 rings (SSSR count). The van der Waals surface area contributed by atoms with E-state index in [-0.39, 0.29) is 5.41 Å². The molecule has 2 heterocycles. The molecular weight excluding hydrogens is 793 g/mol. The topological polar surface area (TPSA) is 25.8 Å². The van der Waals surface area contributed by atoms with Crippen LogP contribution in [0.15, 0.2) is 218 Å². The van der Waals surface area contributed by atoms with Crippen LogP contribution in [0.2, 0.25) is 0 Å². The third-order valence-electron chi connectivity index (χ3n) is 13.1. The summed E-state index contributed by atoms with van der Waals surface area (Å²) in [6.07, 6.45) is 0. The number of fused-ring (bicyclic) bond motifs is 6. The Kier molecular flexibility index (Phi) is 9.06. The SMILES string of the molecule is CC1(C)c2cc(-c3ccccc3-c3cc(-c4cc(-c5ccccc5)cc(-c5cccc6c5sc5ccccc56)c4)nc(-c4ccccc4)n3)ccc2-c2c(-c3ccccc3)cccc21. The summed E-state index contributed by atoms with van der Waals surface area (Å²) in [5.74, 6) is 0.695. The highest BCUT2D eigenvalue weighted by molar-refractivity contribution is 7.26. The summed E-state index contributed by atoms with van der Waals surface area (Å²) in [4.78, 5) is 10.8. The fourth-order valence-corrected chi connectivity index (χ4v) is 11.2. The van der Waals surface area contributed by atoms with Crippen LogP contribution >= 0.6 is 11.3 Å². The minimum atomic E-state index is -0.176. The molecule has 0 fully saturated rings. The molecule has 1 aliphatic rings. The van der Waals surface area contributed by atoms with Crippen LogP contribution in [0.4, 0.5) is 0 Å². The van der Waals surface area contributed by atoms with E-state index in [1.807, 2.05) is 17.4 Å². The minimum Gasteiger partial charge on any atom is -0.228 e. The number of benzene rings is 9. The fraction of sp³-hybridized carbons (Fsp3) is 0.0492. The van der Waals surface area contributed by atoms with Gasteiger partial charge in [0, 0.05) is 42.3 Å². The van der Waals surface area contributed by atoms with Gasteiger partial charge in [-0.2, -0.15) is 0 Å². The first-order valence-electron chi connectivity index (χ1n) is 22.0. The van der Waals surface area contributed by atoms with E-state index in [1.165, 1.54) is 64.7 Å². The molecule has 0 bridgehead atoms. The minimum absolute atomic E-state index is 0.176. The van der Waals surface area contributed by atoms with Crippen LogP contribution in [0.5, 0.6) is 0 Å². The van der Waals surface area contributed by atoms with Crippen molar-refractivity contribution in [3.8, 4) is 89.5 Å². The molecule has 302 valence electrons. The van der Waals surface area contributed by atoms with Gasteiger partial charge in [-0.1, -0.05) is 196 Å². The molecule has 0 atom stereocenters. The maximum Gasteiger partial charge on any atom is 0.160 e. The lowest BCUT2D eigenvalue weighted by Gasteiger charge is -2.22. The molecule has 1 aliphatic carbocycles. The Labute approximate surface area is 377 Å². The second-order valence-corrected chi connectivity index (χ2v) is 18.4. The molecule has 0 amide bonds. The molecule has 2 aromatic heterocycles. The fourth-order valence-electron chi connectivity index (χ4n) is 9.92. The predicted molar refractivity (Wildman–Crippen MR) is 271 cm³/mol. The lowest BCUT2D eigenvalue weighted by molar-refractivity contribution is 0.660. The van der Waals surface area contributed by atoms with Gasteiger partial charge < -0.3 is 0 Å². The Morgan fingerprint density at radius 3 is 1.73 bits per heavy atom. The van der Waals surface area contributed by atoms with Gasteiger partial charge in [0.05, 0.1) is 11.4 Å². The molecule has 3 heteroatoms. The third-order valence-corrected chi connectivity index (χ3v) is 14.3. The van der Waals surface area contributed by atoms with Gasteiger partial charge in [-0.15, -0.1) is 11.3 Å².